The summed E-state index contributed by atoms with van der Waals surface area (Å²) >= 11 is 13.7. The van der Waals surface area contributed by atoms with Crippen LogP contribution in [0.1, 0.15) is 39.3 Å². The number of halogens is 2. The summed E-state index contributed by atoms with van der Waals surface area (Å²) < 4.78 is 0. The molecule has 0 saturated carbocycles. The fraction of sp³-hybridized carbons (Fsp3) is 0.375. The van der Waals surface area contributed by atoms with Crippen molar-refractivity contribution in [2.75, 3.05) is 6.54 Å². The molecule has 5 heteroatoms. The van der Waals surface area contributed by atoms with Gasteiger partial charge in [0.2, 0.25) is 0 Å². The predicted octanol–water partition coefficient (Wildman–Crippen LogP) is 4.32. The van der Waals surface area contributed by atoms with Crippen LogP contribution in [-0.4, -0.2) is 11.7 Å². The Morgan fingerprint density at radius 1 is 1.19 bits per heavy atom. The molecule has 1 aliphatic carbocycles. The van der Waals surface area contributed by atoms with Crippen molar-refractivity contribution in [2.24, 2.45) is 5.73 Å². The van der Waals surface area contributed by atoms with E-state index in [-0.39, 0.29) is 5.92 Å². The second-order valence-electron chi connectivity index (χ2n) is 5.41. The predicted molar refractivity (Wildman–Crippen MR) is 89.6 cm³/mol. The van der Waals surface area contributed by atoms with Crippen molar-refractivity contribution in [3.05, 3.63) is 55.2 Å². The molecule has 0 amide bonds. The molecule has 1 aromatic carbocycles. The van der Waals surface area contributed by atoms with Gasteiger partial charge in [-0.2, -0.15) is 0 Å². The maximum atomic E-state index is 10.7. The van der Waals surface area contributed by atoms with Crippen LogP contribution in [0.3, 0.4) is 0 Å². The van der Waals surface area contributed by atoms with Crippen molar-refractivity contribution in [3.8, 4) is 0 Å². The van der Waals surface area contributed by atoms with Crippen molar-refractivity contribution >= 4 is 34.5 Å². The van der Waals surface area contributed by atoms with Crippen LogP contribution in [0.2, 0.25) is 10.0 Å². The molecule has 0 aliphatic heterocycles. The first-order chi connectivity index (χ1) is 10.1. The molecule has 2 nitrogen and oxygen atoms in total. The zero-order valence-electron chi connectivity index (χ0n) is 11.5. The van der Waals surface area contributed by atoms with Gasteiger partial charge in [-0.1, -0.05) is 29.3 Å². The molecule has 1 heterocycles. The second kappa shape index (κ2) is 6.27. The molecule has 3 N–H and O–H groups in total. The summed E-state index contributed by atoms with van der Waals surface area (Å²) in [6.07, 6.45) is 2.89. The highest BCUT2D eigenvalue weighted by Crippen LogP contribution is 2.39. The first-order valence-corrected chi connectivity index (χ1v) is 8.62. The molecule has 0 fully saturated rings. The Labute approximate surface area is 138 Å². The maximum Gasteiger partial charge on any atom is 0.0962 e. The SMILES string of the molecule is NCC(c1ccc(Cl)c(Cl)c1)C(O)c1cc2c(s1)CCC2. The van der Waals surface area contributed by atoms with Gasteiger partial charge in [0.05, 0.1) is 16.1 Å². The molecule has 0 saturated heterocycles. The molecule has 0 radical (unpaired) electrons. The van der Waals surface area contributed by atoms with E-state index in [0.29, 0.717) is 16.6 Å². The lowest BCUT2D eigenvalue weighted by atomic mass is 9.92. The fourth-order valence-electron chi connectivity index (χ4n) is 2.89. The van der Waals surface area contributed by atoms with Gasteiger partial charge in [0, 0.05) is 22.2 Å². The third-order valence-corrected chi connectivity index (χ3v) is 6.11. The number of aliphatic hydroxyl groups excluding tert-OH is 1. The molecule has 1 aliphatic rings. The van der Waals surface area contributed by atoms with Crippen LogP contribution in [0.25, 0.3) is 0 Å². The minimum absolute atomic E-state index is 0.168. The van der Waals surface area contributed by atoms with Gasteiger partial charge < -0.3 is 10.8 Å². The fourth-order valence-corrected chi connectivity index (χ4v) is 4.50. The topological polar surface area (TPSA) is 46.2 Å². The number of hydrogen-bond acceptors (Lipinski definition) is 3. The summed E-state index contributed by atoms with van der Waals surface area (Å²) in [5.74, 6) is -0.168. The Morgan fingerprint density at radius 3 is 2.67 bits per heavy atom. The number of hydrogen-bond donors (Lipinski definition) is 2. The molecule has 2 atom stereocenters. The Bertz CT molecular complexity index is 634. The van der Waals surface area contributed by atoms with E-state index >= 15 is 0 Å². The first kappa shape index (κ1) is 15.3. The molecular formula is C16H17Cl2NOS. The van der Waals surface area contributed by atoms with Crippen molar-refractivity contribution in [1.82, 2.24) is 0 Å². The lowest BCUT2D eigenvalue weighted by Crippen LogP contribution is -2.19. The van der Waals surface area contributed by atoms with Gasteiger partial charge in [0.1, 0.15) is 0 Å². The summed E-state index contributed by atoms with van der Waals surface area (Å²) in [6, 6.07) is 7.57. The van der Waals surface area contributed by atoms with E-state index in [1.165, 1.54) is 16.9 Å². The maximum absolute atomic E-state index is 10.7. The summed E-state index contributed by atoms with van der Waals surface area (Å²) in [5, 5.41) is 11.7. The molecular weight excluding hydrogens is 325 g/mol. The van der Waals surface area contributed by atoms with Crippen molar-refractivity contribution < 1.29 is 5.11 Å². The number of aliphatic hydroxyl groups is 1. The van der Waals surface area contributed by atoms with E-state index in [2.05, 4.69) is 6.07 Å². The van der Waals surface area contributed by atoms with Gasteiger partial charge in [-0.25, -0.2) is 0 Å². The van der Waals surface area contributed by atoms with E-state index in [9.17, 15) is 5.11 Å². The molecule has 1 aromatic heterocycles. The lowest BCUT2D eigenvalue weighted by Gasteiger charge is -2.21. The van der Waals surface area contributed by atoms with Crippen LogP contribution in [0.5, 0.6) is 0 Å². The highest BCUT2D eigenvalue weighted by atomic mass is 35.5. The summed E-state index contributed by atoms with van der Waals surface area (Å²) in [7, 11) is 0. The Kier molecular flexibility index (Phi) is 4.57. The molecule has 3 rings (SSSR count). The number of aryl methyl sites for hydroxylation is 2. The van der Waals surface area contributed by atoms with Crippen LogP contribution in [0.15, 0.2) is 24.3 Å². The third kappa shape index (κ3) is 2.99. The van der Waals surface area contributed by atoms with Gasteiger partial charge >= 0.3 is 0 Å². The molecule has 0 spiro atoms. The minimum Gasteiger partial charge on any atom is -0.387 e. The van der Waals surface area contributed by atoms with Gasteiger partial charge in [-0.3, -0.25) is 0 Å². The van der Waals surface area contributed by atoms with Gasteiger partial charge in [-0.15, -0.1) is 11.3 Å². The van der Waals surface area contributed by atoms with Gasteiger partial charge in [-0.05, 0) is 48.6 Å². The van der Waals surface area contributed by atoms with E-state index in [0.717, 1.165) is 23.3 Å². The van der Waals surface area contributed by atoms with E-state index in [1.807, 2.05) is 6.07 Å². The average Bonchev–Trinajstić information content (AvgIpc) is 3.04. The third-order valence-electron chi connectivity index (χ3n) is 4.06. The Morgan fingerprint density at radius 2 is 2.00 bits per heavy atom. The largest absolute Gasteiger partial charge is 0.387 e. The number of thiophene rings is 1. The summed E-state index contributed by atoms with van der Waals surface area (Å²) in [5.41, 5.74) is 8.20. The smallest absolute Gasteiger partial charge is 0.0962 e. The van der Waals surface area contributed by atoms with E-state index < -0.39 is 6.10 Å². The highest BCUT2D eigenvalue weighted by molar-refractivity contribution is 7.12. The highest BCUT2D eigenvalue weighted by Gasteiger charge is 2.26. The first-order valence-electron chi connectivity index (χ1n) is 7.04. The standard InChI is InChI=1S/C16H17Cl2NOS/c17-12-5-4-9(6-13(12)18)11(8-19)16(20)15-7-10-2-1-3-14(10)21-15/h4-7,11,16,20H,1-3,8,19H2. The van der Waals surface area contributed by atoms with Gasteiger partial charge in [0.15, 0.2) is 0 Å². The monoisotopic (exact) mass is 341 g/mol. The van der Waals surface area contributed by atoms with Crippen LogP contribution in [0.4, 0.5) is 0 Å². The molecule has 21 heavy (non-hydrogen) atoms. The summed E-state index contributed by atoms with van der Waals surface area (Å²) in [4.78, 5) is 2.41. The second-order valence-corrected chi connectivity index (χ2v) is 7.39. The number of nitrogens with two attached hydrogens (primary N) is 1. The van der Waals surface area contributed by atoms with E-state index in [4.69, 9.17) is 28.9 Å². The molecule has 112 valence electrons. The van der Waals surface area contributed by atoms with Gasteiger partial charge in [0.25, 0.3) is 0 Å². The van der Waals surface area contributed by atoms with Crippen LogP contribution in [-0.2, 0) is 12.8 Å². The van der Waals surface area contributed by atoms with Crippen LogP contribution in [0, 0.1) is 0 Å². The number of benzene rings is 1. The number of fused-ring (bicyclic) bond motifs is 1. The molecule has 0 bridgehead atoms. The number of rotatable bonds is 4. The normalized spacial score (nSPS) is 16.8. The van der Waals surface area contributed by atoms with Crippen molar-refractivity contribution in [3.63, 3.8) is 0 Å². The van der Waals surface area contributed by atoms with Crippen molar-refractivity contribution in [1.29, 1.82) is 0 Å². The Hall–Kier alpha value is -0.580. The molecule has 2 aromatic rings. The van der Waals surface area contributed by atoms with Crippen LogP contribution < -0.4 is 5.73 Å². The lowest BCUT2D eigenvalue weighted by molar-refractivity contribution is 0.151. The van der Waals surface area contributed by atoms with Crippen molar-refractivity contribution in [2.45, 2.75) is 31.3 Å². The minimum atomic E-state index is -0.595. The zero-order valence-corrected chi connectivity index (χ0v) is 13.8. The zero-order chi connectivity index (χ0) is 15.0. The Balaban J connectivity index is 1.89. The van der Waals surface area contributed by atoms with E-state index in [1.54, 1.807) is 23.5 Å². The molecule has 2 unspecified atom stereocenters. The average molecular weight is 342 g/mol. The quantitative estimate of drug-likeness (QED) is 0.869. The summed E-state index contributed by atoms with van der Waals surface area (Å²) in [6.45, 7) is 0.363. The van der Waals surface area contributed by atoms with Crippen LogP contribution >= 0.6 is 34.5 Å².